The Morgan fingerprint density at radius 2 is 1.71 bits per heavy atom. The molecule has 0 bridgehead atoms. The predicted octanol–water partition coefficient (Wildman–Crippen LogP) is 4.45. The van der Waals surface area contributed by atoms with Gasteiger partial charge in [-0.3, -0.25) is 15.1 Å². The molecule has 9 heteroatoms. The summed E-state index contributed by atoms with van der Waals surface area (Å²) in [6, 6.07) is 16.3. The third-order valence-corrected chi connectivity index (χ3v) is 8.29. The van der Waals surface area contributed by atoms with Gasteiger partial charge in [0.2, 0.25) is 5.91 Å². The maximum absolute atomic E-state index is 13.5. The van der Waals surface area contributed by atoms with E-state index in [2.05, 4.69) is 20.5 Å². The summed E-state index contributed by atoms with van der Waals surface area (Å²) in [6.45, 7) is 3.10. The number of carbonyl (C=O) groups is 1. The lowest BCUT2D eigenvalue weighted by molar-refractivity contribution is -0.122. The zero-order valence-corrected chi connectivity index (χ0v) is 21.9. The van der Waals surface area contributed by atoms with Crippen LogP contribution in [0.15, 0.2) is 73.1 Å². The molecule has 1 aromatic heterocycles. The smallest absolute Gasteiger partial charge is 0.238 e. The number of pyridine rings is 1. The number of carbonyl (C=O) groups excluding carboxylic acids is 1. The topological polar surface area (TPSA) is 66.5 Å². The normalized spacial score (nSPS) is 20.6. The number of rotatable bonds is 9. The van der Waals surface area contributed by atoms with Gasteiger partial charge in [0.15, 0.2) is 0 Å². The van der Waals surface area contributed by atoms with Crippen molar-refractivity contribution in [2.75, 3.05) is 31.9 Å². The lowest BCUT2D eigenvalue weighted by Crippen LogP contribution is -2.46. The highest BCUT2D eigenvalue weighted by molar-refractivity contribution is 7.99. The van der Waals surface area contributed by atoms with Gasteiger partial charge in [0.25, 0.3) is 0 Å². The summed E-state index contributed by atoms with van der Waals surface area (Å²) in [5, 5.41) is 6.56. The number of thioether (sulfide) groups is 1. The first-order valence-electron chi connectivity index (χ1n) is 13.0. The molecule has 2 saturated heterocycles. The summed E-state index contributed by atoms with van der Waals surface area (Å²) in [7, 11) is 0. The molecule has 2 aromatic carbocycles. The summed E-state index contributed by atoms with van der Waals surface area (Å²) in [5.41, 5.74) is 2.76. The van der Waals surface area contributed by atoms with E-state index in [0.29, 0.717) is 6.54 Å². The third-order valence-electron chi connectivity index (χ3n) is 7.02. The van der Waals surface area contributed by atoms with E-state index in [1.807, 2.05) is 18.3 Å². The van der Waals surface area contributed by atoms with E-state index in [9.17, 15) is 13.6 Å². The van der Waals surface area contributed by atoms with Gasteiger partial charge in [-0.15, -0.1) is 11.8 Å². The molecule has 2 fully saturated rings. The summed E-state index contributed by atoms with van der Waals surface area (Å²) in [6.07, 6.45) is 4.92. The van der Waals surface area contributed by atoms with Crippen LogP contribution in [0.5, 0.6) is 0 Å². The molecule has 38 heavy (non-hydrogen) atoms. The lowest BCUT2D eigenvalue weighted by atomic mass is 10.00. The van der Waals surface area contributed by atoms with Crippen molar-refractivity contribution in [3.05, 3.63) is 101 Å². The number of nitrogens with zero attached hydrogens (tertiary/aromatic N) is 2. The number of hydrogen-bond donors (Lipinski definition) is 2. The minimum Gasteiger partial charge on any atom is -0.365 e. The van der Waals surface area contributed by atoms with Crippen LogP contribution in [0.25, 0.3) is 0 Å². The lowest BCUT2D eigenvalue weighted by Gasteiger charge is -2.34. The average molecular weight is 539 g/mol. The van der Waals surface area contributed by atoms with E-state index in [0.717, 1.165) is 54.9 Å². The van der Waals surface area contributed by atoms with Crippen molar-refractivity contribution in [2.45, 2.75) is 36.5 Å². The molecule has 200 valence electrons. The molecule has 3 heterocycles. The Labute approximate surface area is 226 Å². The van der Waals surface area contributed by atoms with Gasteiger partial charge in [-0.1, -0.05) is 30.3 Å². The number of ether oxygens (including phenoxy) is 1. The molecule has 6 nitrogen and oxygen atoms in total. The molecule has 2 aliphatic rings. The number of piperidine rings is 1. The molecular weight excluding hydrogens is 506 g/mol. The minimum absolute atomic E-state index is 0.0311. The van der Waals surface area contributed by atoms with Gasteiger partial charge >= 0.3 is 0 Å². The van der Waals surface area contributed by atoms with Gasteiger partial charge in [0.1, 0.15) is 17.7 Å². The van der Waals surface area contributed by atoms with Crippen molar-refractivity contribution < 1.29 is 18.3 Å². The van der Waals surface area contributed by atoms with Gasteiger partial charge < -0.3 is 15.0 Å². The fourth-order valence-corrected chi connectivity index (χ4v) is 6.12. The Bertz CT molecular complexity index is 1130. The highest BCUT2D eigenvalue weighted by Crippen LogP contribution is 2.32. The second-order valence-electron chi connectivity index (χ2n) is 9.67. The molecule has 2 N–H and O–H groups in total. The second kappa shape index (κ2) is 12.8. The number of amides is 1. The number of hydrogen-bond acceptors (Lipinski definition) is 6. The second-order valence-corrected chi connectivity index (χ2v) is 10.8. The van der Waals surface area contributed by atoms with E-state index < -0.39 is 0 Å². The summed E-state index contributed by atoms with van der Waals surface area (Å²) >= 11 is 1.72. The molecule has 3 aromatic rings. The fourth-order valence-electron chi connectivity index (χ4n) is 4.89. The molecule has 5 rings (SSSR count). The Balaban J connectivity index is 1.07. The molecule has 2 aliphatic heterocycles. The number of likely N-dealkylation sites (tertiary alicyclic amines) is 1. The Morgan fingerprint density at radius 3 is 2.32 bits per heavy atom. The Hall–Kier alpha value is -2.85. The molecule has 2 atom stereocenters. The zero-order chi connectivity index (χ0) is 26.3. The first kappa shape index (κ1) is 26.7. The van der Waals surface area contributed by atoms with Gasteiger partial charge in [0.05, 0.1) is 17.5 Å². The average Bonchev–Trinajstić information content (AvgIpc) is 3.45. The third kappa shape index (κ3) is 6.96. The number of halogens is 2. The van der Waals surface area contributed by atoms with Crippen molar-refractivity contribution in [1.82, 2.24) is 20.5 Å². The van der Waals surface area contributed by atoms with Crippen molar-refractivity contribution in [2.24, 2.45) is 0 Å². The number of benzene rings is 2. The van der Waals surface area contributed by atoms with Gasteiger partial charge in [-0.2, -0.15) is 0 Å². The number of aromatic nitrogens is 1. The summed E-state index contributed by atoms with van der Waals surface area (Å²) in [4.78, 5) is 19.2. The molecule has 0 aliphatic carbocycles. The van der Waals surface area contributed by atoms with Gasteiger partial charge in [-0.25, -0.2) is 8.78 Å². The first-order chi connectivity index (χ1) is 18.5. The predicted molar refractivity (Wildman–Crippen MR) is 145 cm³/mol. The van der Waals surface area contributed by atoms with Crippen molar-refractivity contribution in [3.8, 4) is 0 Å². The Morgan fingerprint density at radius 1 is 1.05 bits per heavy atom. The Kier molecular flexibility index (Phi) is 9.01. The van der Waals surface area contributed by atoms with Crippen molar-refractivity contribution in [1.29, 1.82) is 0 Å². The van der Waals surface area contributed by atoms with Gasteiger partial charge in [0, 0.05) is 44.3 Å². The van der Waals surface area contributed by atoms with Crippen LogP contribution < -0.4 is 10.6 Å². The zero-order valence-electron chi connectivity index (χ0n) is 21.1. The minimum atomic E-state index is -0.390. The van der Waals surface area contributed by atoms with Crippen molar-refractivity contribution >= 4 is 17.7 Å². The SMILES string of the molecule is O=C(NCCN1CCC(OC(c2ccc(F)cc2)c2ccc(F)cc2)CC1)C1CSC(c2cccnc2)N1. The van der Waals surface area contributed by atoms with Crippen LogP contribution in [0.3, 0.4) is 0 Å². The fraction of sp³-hybridized carbons (Fsp3) is 0.379. The summed E-state index contributed by atoms with van der Waals surface area (Å²) < 4.78 is 33.5. The molecular formula is C29H32F2N4O2S. The molecule has 0 saturated carbocycles. The van der Waals surface area contributed by atoms with Crippen LogP contribution in [0.4, 0.5) is 8.78 Å². The van der Waals surface area contributed by atoms with E-state index >= 15 is 0 Å². The van der Waals surface area contributed by atoms with E-state index in [1.165, 1.54) is 24.3 Å². The quantitative estimate of drug-likeness (QED) is 0.420. The van der Waals surface area contributed by atoms with Crippen LogP contribution in [0.1, 0.15) is 41.0 Å². The van der Waals surface area contributed by atoms with Crippen LogP contribution in [-0.4, -0.2) is 59.9 Å². The van der Waals surface area contributed by atoms with E-state index in [4.69, 9.17) is 4.74 Å². The molecule has 0 spiro atoms. The van der Waals surface area contributed by atoms with Crippen molar-refractivity contribution in [3.63, 3.8) is 0 Å². The molecule has 1 amide bonds. The van der Waals surface area contributed by atoms with Gasteiger partial charge in [-0.05, 0) is 59.9 Å². The van der Waals surface area contributed by atoms with E-state index in [1.54, 1.807) is 42.2 Å². The maximum atomic E-state index is 13.5. The highest BCUT2D eigenvalue weighted by Gasteiger charge is 2.31. The largest absolute Gasteiger partial charge is 0.365 e. The standard InChI is InChI=1S/C29H32F2N4O2S/c30-23-7-3-20(4-8-23)27(21-5-9-24(31)10-6-21)37-25-11-15-35(16-12-25)17-14-33-28(36)26-19-38-29(34-26)22-2-1-13-32-18-22/h1-10,13,18,25-27,29,34H,11-12,14-17,19H2,(H,33,36). The van der Waals surface area contributed by atoms with Crippen LogP contribution in [-0.2, 0) is 9.53 Å². The molecule has 0 radical (unpaired) electrons. The maximum Gasteiger partial charge on any atom is 0.238 e. The number of nitrogens with one attached hydrogen (secondary N) is 2. The monoisotopic (exact) mass is 538 g/mol. The van der Waals surface area contributed by atoms with Crippen LogP contribution in [0, 0.1) is 11.6 Å². The van der Waals surface area contributed by atoms with Crippen LogP contribution in [0.2, 0.25) is 0 Å². The van der Waals surface area contributed by atoms with E-state index in [-0.39, 0.29) is 41.2 Å². The van der Waals surface area contributed by atoms with Crippen LogP contribution >= 0.6 is 11.8 Å². The first-order valence-corrected chi connectivity index (χ1v) is 14.0. The highest BCUT2D eigenvalue weighted by atomic mass is 32.2. The molecule has 2 unspecified atom stereocenters. The summed E-state index contributed by atoms with van der Waals surface area (Å²) in [5.74, 6) is 0.159.